The van der Waals surface area contributed by atoms with Crippen LogP contribution in [0.2, 0.25) is 0 Å². The van der Waals surface area contributed by atoms with Gasteiger partial charge >= 0.3 is 0 Å². The van der Waals surface area contributed by atoms with Crippen LogP contribution in [0.4, 0.5) is 5.69 Å². The summed E-state index contributed by atoms with van der Waals surface area (Å²) < 4.78 is 5.81. The Morgan fingerprint density at radius 1 is 1.11 bits per heavy atom. The number of aliphatic imine (C=N–C) groups is 1. The zero-order chi connectivity index (χ0) is 12.6. The lowest BCUT2D eigenvalue weighted by Gasteiger charge is -2.14. The van der Waals surface area contributed by atoms with Gasteiger partial charge in [0.1, 0.15) is 6.61 Å². The molecule has 3 heteroatoms. The van der Waals surface area contributed by atoms with Gasteiger partial charge in [0, 0.05) is 25.3 Å². The van der Waals surface area contributed by atoms with Crippen LogP contribution in [-0.2, 0) is 4.74 Å². The summed E-state index contributed by atoms with van der Waals surface area (Å²) in [7, 11) is 4.10. The molecule has 1 aromatic carbocycles. The van der Waals surface area contributed by atoms with Crippen LogP contribution in [-0.4, -0.2) is 32.1 Å². The van der Waals surface area contributed by atoms with Gasteiger partial charge in [0.05, 0.1) is 5.54 Å². The number of benzene rings is 1. The van der Waals surface area contributed by atoms with E-state index < -0.39 is 0 Å². The highest BCUT2D eigenvalue weighted by molar-refractivity contribution is 5.95. The van der Waals surface area contributed by atoms with Crippen molar-refractivity contribution in [3.63, 3.8) is 0 Å². The summed E-state index contributed by atoms with van der Waals surface area (Å²) in [6.07, 6.45) is 4.96. The summed E-state index contributed by atoms with van der Waals surface area (Å²) in [5.74, 6) is 0.835. The first-order valence-corrected chi connectivity index (χ1v) is 6.69. The third kappa shape index (κ3) is 1.98. The fourth-order valence-corrected chi connectivity index (χ4v) is 2.82. The van der Waals surface area contributed by atoms with Gasteiger partial charge in [0.2, 0.25) is 5.90 Å². The molecule has 1 aliphatic carbocycles. The number of nitrogens with zero attached hydrogens (tertiary/aromatic N) is 2. The second kappa shape index (κ2) is 4.30. The zero-order valence-electron chi connectivity index (χ0n) is 11.1. The van der Waals surface area contributed by atoms with Gasteiger partial charge in [-0.2, -0.15) is 0 Å². The molecule has 0 atom stereocenters. The second-order valence-corrected chi connectivity index (χ2v) is 5.58. The van der Waals surface area contributed by atoms with Gasteiger partial charge < -0.3 is 9.64 Å². The van der Waals surface area contributed by atoms with E-state index in [2.05, 4.69) is 29.2 Å². The van der Waals surface area contributed by atoms with Crippen LogP contribution < -0.4 is 4.90 Å². The maximum atomic E-state index is 5.81. The number of ether oxygens (including phenoxy) is 1. The molecule has 1 saturated carbocycles. The molecule has 0 aromatic heterocycles. The normalized spacial score (nSPS) is 20.9. The Bertz CT molecular complexity index is 456. The number of hydrogen-bond donors (Lipinski definition) is 0. The summed E-state index contributed by atoms with van der Waals surface area (Å²) in [4.78, 5) is 6.94. The average molecular weight is 244 g/mol. The molecule has 1 aliphatic heterocycles. The summed E-state index contributed by atoms with van der Waals surface area (Å²) >= 11 is 0. The lowest BCUT2D eigenvalue weighted by Crippen LogP contribution is -2.22. The Morgan fingerprint density at radius 2 is 1.78 bits per heavy atom. The minimum Gasteiger partial charge on any atom is -0.475 e. The molecule has 18 heavy (non-hydrogen) atoms. The fourth-order valence-electron chi connectivity index (χ4n) is 2.82. The van der Waals surface area contributed by atoms with Gasteiger partial charge in [-0.1, -0.05) is 12.8 Å². The van der Waals surface area contributed by atoms with Gasteiger partial charge in [-0.05, 0) is 37.1 Å². The van der Waals surface area contributed by atoms with Gasteiger partial charge in [-0.25, -0.2) is 4.99 Å². The van der Waals surface area contributed by atoms with Crippen LogP contribution in [0.25, 0.3) is 0 Å². The maximum absolute atomic E-state index is 5.81. The Balaban J connectivity index is 1.83. The van der Waals surface area contributed by atoms with Crippen molar-refractivity contribution in [2.75, 3.05) is 25.6 Å². The van der Waals surface area contributed by atoms with Crippen molar-refractivity contribution in [3.8, 4) is 0 Å². The highest BCUT2D eigenvalue weighted by Gasteiger charge is 2.39. The quantitative estimate of drug-likeness (QED) is 0.799. The SMILES string of the molecule is CN(C)c1ccc(C2=NC3(CCCC3)CO2)cc1. The number of anilines is 1. The van der Waals surface area contributed by atoms with E-state index in [0.29, 0.717) is 0 Å². The van der Waals surface area contributed by atoms with E-state index in [9.17, 15) is 0 Å². The third-order valence-corrected chi connectivity index (χ3v) is 3.98. The molecule has 2 aliphatic rings. The van der Waals surface area contributed by atoms with Crippen LogP contribution in [0.1, 0.15) is 31.2 Å². The minimum absolute atomic E-state index is 0.107. The molecular weight excluding hydrogens is 224 g/mol. The van der Waals surface area contributed by atoms with E-state index in [4.69, 9.17) is 9.73 Å². The van der Waals surface area contributed by atoms with Crippen LogP contribution in [0, 0.1) is 0 Å². The van der Waals surface area contributed by atoms with Crippen molar-refractivity contribution >= 4 is 11.6 Å². The molecule has 1 spiro atoms. The van der Waals surface area contributed by atoms with Crippen molar-refractivity contribution in [1.82, 2.24) is 0 Å². The van der Waals surface area contributed by atoms with E-state index in [1.54, 1.807) is 0 Å². The van der Waals surface area contributed by atoms with Crippen molar-refractivity contribution in [1.29, 1.82) is 0 Å². The topological polar surface area (TPSA) is 24.8 Å². The van der Waals surface area contributed by atoms with Crippen molar-refractivity contribution < 1.29 is 4.74 Å². The van der Waals surface area contributed by atoms with Gasteiger partial charge in [0.25, 0.3) is 0 Å². The largest absolute Gasteiger partial charge is 0.475 e. The molecule has 0 N–H and O–H groups in total. The second-order valence-electron chi connectivity index (χ2n) is 5.58. The number of hydrogen-bond acceptors (Lipinski definition) is 3. The van der Waals surface area contributed by atoms with Crippen LogP contribution in [0.15, 0.2) is 29.3 Å². The summed E-state index contributed by atoms with van der Waals surface area (Å²) in [6.45, 7) is 0.776. The predicted octanol–water partition coefficient (Wildman–Crippen LogP) is 2.84. The van der Waals surface area contributed by atoms with E-state index in [0.717, 1.165) is 18.1 Å². The predicted molar refractivity (Wildman–Crippen MR) is 74.5 cm³/mol. The van der Waals surface area contributed by atoms with Crippen molar-refractivity contribution in [2.24, 2.45) is 4.99 Å². The van der Waals surface area contributed by atoms with Crippen LogP contribution >= 0.6 is 0 Å². The standard InChI is InChI=1S/C15H20N2O/c1-17(2)13-7-5-12(6-8-13)14-16-15(11-18-14)9-3-4-10-15/h5-8H,3-4,9-11H2,1-2H3. The summed E-state index contributed by atoms with van der Waals surface area (Å²) in [5, 5.41) is 0. The molecule has 0 unspecified atom stereocenters. The zero-order valence-corrected chi connectivity index (χ0v) is 11.1. The first-order chi connectivity index (χ1) is 8.69. The molecule has 96 valence electrons. The smallest absolute Gasteiger partial charge is 0.216 e. The Morgan fingerprint density at radius 3 is 2.39 bits per heavy atom. The Kier molecular flexibility index (Phi) is 2.77. The fraction of sp³-hybridized carbons (Fsp3) is 0.533. The monoisotopic (exact) mass is 244 g/mol. The van der Waals surface area contributed by atoms with Crippen molar-refractivity contribution in [2.45, 2.75) is 31.2 Å². The van der Waals surface area contributed by atoms with Gasteiger partial charge in [0.15, 0.2) is 0 Å². The average Bonchev–Trinajstić information content (AvgIpc) is 3.01. The van der Waals surface area contributed by atoms with Gasteiger partial charge in [-0.15, -0.1) is 0 Å². The molecular formula is C15H20N2O. The van der Waals surface area contributed by atoms with Crippen LogP contribution in [0.5, 0.6) is 0 Å². The lowest BCUT2D eigenvalue weighted by atomic mass is 10.0. The Labute approximate surface area is 108 Å². The third-order valence-electron chi connectivity index (χ3n) is 3.98. The molecule has 3 rings (SSSR count). The molecule has 0 amide bonds. The molecule has 3 nitrogen and oxygen atoms in total. The first-order valence-electron chi connectivity index (χ1n) is 6.69. The summed E-state index contributed by atoms with van der Waals surface area (Å²) in [6, 6.07) is 8.42. The molecule has 1 aromatic rings. The lowest BCUT2D eigenvalue weighted by molar-refractivity contribution is 0.258. The van der Waals surface area contributed by atoms with E-state index in [-0.39, 0.29) is 5.54 Å². The van der Waals surface area contributed by atoms with E-state index >= 15 is 0 Å². The highest BCUT2D eigenvalue weighted by atomic mass is 16.5. The van der Waals surface area contributed by atoms with Crippen LogP contribution in [0.3, 0.4) is 0 Å². The first kappa shape index (κ1) is 11.6. The summed E-state index contributed by atoms with van der Waals surface area (Å²) in [5.41, 5.74) is 2.41. The maximum Gasteiger partial charge on any atom is 0.216 e. The molecule has 0 bridgehead atoms. The van der Waals surface area contributed by atoms with Crippen molar-refractivity contribution in [3.05, 3.63) is 29.8 Å². The minimum atomic E-state index is 0.107. The molecule has 1 fully saturated rings. The van der Waals surface area contributed by atoms with Gasteiger partial charge in [-0.3, -0.25) is 0 Å². The van der Waals surface area contributed by atoms with E-state index in [1.807, 2.05) is 14.1 Å². The molecule has 0 radical (unpaired) electrons. The highest BCUT2D eigenvalue weighted by Crippen LogP contribution is 2.37. The Hall–Kier alpha value is -1.51. The molecule has 1 heterocycles. The molecule has 0 saturated heterocycles. The number of rotatable bonds is 2. The van der Waals surface area contributed by atoms with E-state index in [1.165, 1.54) is 31.4 Å².